The van der Waals surface area contributed by atoms with E-state index in [2.05, 4.69) is 0 Å². The first kappa shape index (κ1) is 16.4. The van der Waals surface area contributed by atoms with Gasteiger partial charge in [-0.15, -0.1) is 0 Å². The van der Waals surface area contributed by atoms with Crippen LogP contribution < -0.4 is 0 Å². The second-order valence-corrected chi connectivity index (χ2v) is 9.02. The molecule has 8 heteroatoms. The highest BCUT2D eigenvalue weighted by molar-refractivity contribution is 7.92. The SMILES string of the molecule is Cc1ccc(S(=O)(=O)[C@]23OC(C)(C)O[C@H]2[C@@H](O)[C@H]2CO[C@H]3O2)cc1. The molecule has 3 aliphatic rings. The molecule has 0 saturated carbocycles. The van der Waals surface area contributed by atoms with Gasteiger partial charge in [0.1, 0.15) is 18.3 Å². The number of hydrogen-bond acceptors (Lipinski definition) is 7. The highest BCUT2D eigenvalue weighted by atomic mass is 32.2. The van der Waals surface area contributed by atoms with Crippen molar-refractivity contribution in [1.82, 2.24) is 0 Å². The van der Waals surface area contributed by atoms with Crippen molar-refractivity contribution in [3.63, 3.8) is 0 Å². The smallest absolute Gasteiger partial charge is 0.255 e. The maximum absolute atomic E-state index is 13.4. The molecule has 0 amide bonds. The summed E-state index contributed by atoms with van der Waals surface area (Å²) in [6.45, 7) is 5.19. The predicted molar refractivity (Wildman–Crippen MR) is 81.8 cm³/mol. The summed E-state index contributed by atoms with van der Waals surface area (Å²) in [5.41, 5.74) is 0.934. The Labute approximate surface area is 140 Å². The summed E-state index contributed by atoms with van der Waals surface area (Å²) < 4.78 is 49.7. The van der Waals surface area contributed by atoms with Gasteiger partial charge in [0.25, 0.3) is 4.93 Å². The second kappa shape index (κ2) is 5.00. The number of rotatable bonds is 2. The third-order valence-electron chi connectivity index (χ3n) is 4.69. The molecule has 2 bridgehead atoms. The lowest BCUT2D eigenvalue weighted by molar-refractivity contribution is -0.218. The Morgan fingerprint density at radius 3 is 2.54 bits per heavy atom. The fraction of sp³-hybridized carbons (Fsp3) is 0.625. The minimum atomic E-state index is -4.07. The largest absolute Gasteiger partial charge is 0.387 e. The quantitative estimate of drug-likeness (QED) is 0.835. The third-order valence-corrected chi connectivity index (χ3v) is 6.93. The van der Waals surface area contributed by atoms with Gasteiger partial charge in [0.2, 0.25) is 16.1 Å². The van der Waals surface area contributed by atoms with Gasteiger partial charge in [0.05, 0.1) is 11.5 Å². The molecule has 0 radical (unpaired) electrons. The molecule has 1 N–H and O–H groups in total. The second-order valence-electron chi connectivity index (χ2n) is 6.91. The summed E-state index contributed by atoms with van der Waals surface area (Å²) in [4.78, 5) is -1.87. The molecule has 3 fully saturated rings. The maximum atomic E-state index is 13.4. The van der Waals surface area contributed by atoms with E-state index in [1.165, 1.54) is 12.1 Å². The predicted octanol–water partition coefficient (Wildman–Crippen LogP) is 0.733. The van der Waals surface area contributed by atoms with Crippen LogP contribution in [0.2, 0.25) is 0 Å². The third kappa shape index (κ3) is 2.04. The van der Waals surface area contributed by atoms with E-state index in [1.807, 2.05) is 6.92 Å². The Balaban J connectivity index is 1.90. The van der Waals surface area contributed by atoms with E-state index >= 15 is 0 Å². The first-order valence-corrected chi connectivity index (χ1v) is 9.30. The fourth-order valence-corrected chi connectivity index (χ4v) is 5.63. The van der Waals surface area contributed by atoms with Crippen molar-refractivity contribution in [3.05, 3.63) is 29.8 Å². The molecule has 3 aliphatic heterocycles. The first-order valence-electron chi connectivity index (χ1n) is 7.82. The molecule has 4 rings (SSSR count). The lowest BCUT2D eigenvalue weighted by Crippen LogP contribution is -2.65. The highest BCUT2D eigenvalue weighted by Crippen LogP contribution is 2.52. The molecule has 0 spiro atoms. The van der Waals surface area contributed by atoms with Crippen LogP contribution in [0.1, 0.15) is 19.4 Å². The zero-order valence-electron chi connectivity index (χ0n) is 13.6. The van der Waals surface area contributed by atoms with Gasteiger partial charge in [-0.3, -0.25) is 0 Å². The average molecular weight is 356 g/mol. The molecule has 3 saturated heterocycles. The van der Waals surface area contributed by atoms with E-state index in [0.717, 1.165) is 5.56 Å². The molecule has 0 aliphatic carbocycles. The van der Waals surface area contributed by atoms with E-state index in [4.69, 9.17) is 18.9 Å². The van der Waals surface area contributed by atoms with Crippen LogP contribution in [0.5, 0.6) is 0 Å². The van der Waals surface area contributed by atoms with Crippen LogP contribution in [0.25, 0.3) is 0 Å². The Morgan fingerprint density at radius 1 is 1.21 bits per heavy atom. The number of aliphatic hydroxyl groups is 1. The van der Waals surface area contributed by atoms with Crippen LogP contribution >= 0.6 is 0 Å². The maximum Gasteiger partial charge on any atom is 0.255 e. The van der Waals surface area contributed by atoms with Gasteiger partial charge in [-0.1, -0.05) is 17.7 Å². The standard InChI is InChI=1S/C16H20O7S/c1-9-4-6-10(7-5-9)24(18,19)16-13(22-15(2,3)23-16)12(17)11-8-20-14(16)21-11/h4-7,11-14,17H,8H2,1-3H3/t11-,12+,13+,14+,16-/m1/s1. The van der Waals surface area contributed by atoms with Gasteiger partial charge in [-0.2, -0.15) is 0 Å². The fourth-order valence-electron chi connectivity index (χ4n) is 3.58. The molecule has 1 aromatic carbocycles. The Bertz CT molecular complexity index is 757. The van der Waals surface area contributed by atoms with Gasteiger partial charge < -0.3 is 24.1 Å². The van der Waals surface area contributed by atoms with Gasteiger partial charge in [0, 0.05) is 0 Å². The summed E-state index contributed by atoms with van der Waals surface area (Å²) in [6.07, 6.45) is -4.03. The molecule has 24 heavy (non-hydrogen) atoms. The highest BCUT2D eigenvalue weighted by Gasteiger charge is 2.74. The summed E-state index contributed by atoms with van der Waals surface area (Å²) in [5.74, 6) is -1.19. The van der Waals surface area contributed by atoms with Crippen LogP contribution in [0.4, 0.5) is 0 Å². The van der Waals surface area contributed by atoms with Crippen molar-refractivity contribution >= 4 is 9.84 Å². The molecule has 132 valence electrons. The Morgan fingerprint density at radius 2 is 1.88 bits per heavy atom. The van der Waals surface area contributed by atoms with Gasteiger partial charge in [-0.25, -0.2) is 8.42 Å². The number of fused-ring (bicyclic) bond motifs is 4. The van der Waals surface area contributed by atoms with Crippen molar-refractivity contribution < 1.29 is 32.5 Å². The first-order chi connectivity index (χ1) is 11.2. The van der Waals surface area contributed by atoms with Gasteiger partial charge >= 0.3 is 0 Å². The van der Waals surface area contributed by atoms with E-state index in [-0.39, 0.29) is 11.5 Å². The van der Waals surface area contributed by atoms with Crippen molar-refractivity contribution in [2.45, 2.75) is 61.0 Å². The van der Waals surface area contributed by atoms with Crippen LogP contribution in [-0.4, -0.2) is 55.5 Å². The van der Waals surface area contributed by atoms with E-state index in [9.17, 15) is 13.5 Å². The summed E-state index contributed by atoms with van der Waals surface area (Å²) >= 11 is 0. The number of benzene rings is 1. The van der Waals surface area contributed by atoms with Crippen molar-refractivity contribution in [3.8, 4) is 0 Å². The number of ether oxygens (including phenoxy) is 4. The normalized spacial score (nSPS) is 40.5. The molecule has 0 unspecified atom stereocenters. The molecule has 1 aromatic rings. The summed E-state index contributed by atoms with van der Waals surface area (Å²) in [6, 6.07) is 6.44. The number of aryl methyl sites for hydroxylation is 1. The minimum Gasteiger partial charge on any atom is -0.387 e. The number of aliphatic hydroxyl groups excluding tert-OH is 1. The molecule has 0 aromatic heterocycles. The monoisotopic (exact) mass is 356 g/mol. The van der Waals surface area contributed by atoms with Crippen LogP contribution in [0.3, 0.4) is 0 Å². The van der Waals surface area contributed by atoms with Crippen LogP contribution in [0.15, 0.2) is 29.2 Å². The Hall–Kier alpha value is -1.03. The number of hydrogen-bond donors (Lipinski definition) is 1. The van der Waals surface area contributed by atoms with Crippen molar-refractivity contribution in [2.75, 3.05) is 6.61 Å². The molecular weight excluding hydrogens is 336 g/mol. The van der Waals surface area contributed by atoms with Gasteiger partial charge in [-0.05, 0) is 32.9 Å². The number of sulfone groups is 1. The van der Waals surface area contributed by atoms with Gasteiger partial charge in [0.15, 0.2) is 5.79 Å². The van der Waals surface area contributed by atoms with E-state index < -0.39 is 45.2 Å². The van der Waals surface area contributed by atoms with E-state index in [0.29, 0.717) is 0 Å². The summed E-state index contributed by atoms with van der Waals surface area (Å²) in [7, 11) is -4.07. The van der Waals surface area contributed by atoms with Crippen molar-refractivity contribution in [1.29, 1.82) is 0 Å². The average Bonchev–Trinajstić information content (AvgIpc) is 3.07. The molecular formula is C16H20O7S. The lowest BCUT2D eigenvalue weighted by atomic mass is 10.0. The van der Waals surface area contributed by atoms with Crippen LogP contribution in [-0.2, 0) is 28.8 Å². The molecule has 7 nitrogen and oxygen atoms in total. The lowest BCUT2D eigenvalue weighted by Gasteiger charge is -2.41. The Kier molecular flexibility index (Phi) is 3.42. The molecule has 3 heterocycles. The van der Waals surface area contributed by atoms with Crippen LogP contribution in [0, 0.1) is 6.92 Å². The zero-order chi connectivity index (χ0) is 17.3. The minimum absolute atomic E-state index is 0.0733. The topological polar surface area (TPSA) is 91.3 Å². The van der Waals surface area contributed by atoms with Crippen molar-refractivity contribution in [2.24, 2.45) is 0 Å². The van der Waals surface area contributed by atoms with E-state index in [1.54, 1.807) is 26.0 Å². The molecule has 5 atom stereocenters. The zero-order valence-corrected chi connectivity index (χ0v) is 14.4. The summed E-state index contributed by atoms with van der Waals surface area (Å²) in [5, 5.41) is 10.5.